The van der Waals surface area contributed by atoms with Crippen molar-refractivity contribution >= 4 is 39.1 Å². The van der Waals surface area contributed by atoms with Gasteiger partial charge in [-0.2, -0.15) is 0 Å². The molecule has 0 aliphatic rings. The van der Waals surface area contributed by atoms with Crippen molar-refractivity contribution in [2.45, 2.75) is 6.04 Å². The molecule has 1 heterocycles. The molecule has 5 heteroatoms. The predicted molar refractivity (Wildman–Crippen MR) is 73.8 cm³/mol. The van der Waals surface area contributed by atoms with Gasteiger partial charge in [0, 0.05) is 10.0 Å². The summed E-state index contributed by atoms with van der Waals surface area (Å²) in [7, 11) is 1.86. The van der Waals surface area contributed by atoms with E-state index < -0.39 is 0 Å². The van der Waals surface area contributed by atoms with Crippen LogP contribution in [0.15, 0.2) is 39.4 Å². The molecule has 2 aromatic rings. The summed E-state index contributed by atoms with van der Waals surface area (Å²) in [5, 5.41) is 4.39. The van der Waals surface area contributed by atoms with Crippen LogP contribution in [0.5, 0.6) is 0 Å². The average Bonchev–Trinajstić information content (AvgIpc) is 2.64. The van der Waals surface area contributed by atoms with Crippen LogP contribution in [0.2, 0.25) is 10.0 Å². The number of hydrogen-bond acceptors (Lipinski definition) is 2. The number of halogens is 3. The Hall–Kier alpha value is -0.480. The van der Waals surface area contributed by atoms with Gasteiger partial charge in [-0.3, -0.25) is 0 Å². The minimum atomic E-state index is -0.0718. The first-order valence-electron chi connectivity index (χ1n) is 4.98. The summed E-state index contributed by atoms with van der Waals surface area (Å²) in [6, 6.07) is 9.12. The summed E-state index contributed by atoms with van der Waals surface area (Å²) in [5.74, 6) is 0.803. The van der Waals surface area contributed by atoms with Crippen LogP contribution in [-0.2, 0) is 0 Å². The van der Waals surface area contributed by atoms with Gasteiger partial charge in [0.2, 0.25) is 0 Å². The molecule has 0 aliphatic carbocycles. The molecule has 0 fully saturated rings. The maximum absolute atomic E-state index is 5.99. The Balaban J connectivity index is 2.41. The minimum Gasteiger partial charge on any atom is -0.452 e. The van der Waals surface area contributed by atoms with E-state index in [1.807, 2.05) is 31.3 Å². The molecule has 0 saturated heterocycles. The van der Waals surface area contributed by atoms with Crippen LogP contribution in [-0.4, -0.2) is 7.05 Å². The molecule has 17 heavy (non-hydrogen) atoms. The third kappa shape index (κ3) is 3.05. The highest BCUT2D eigenvalue weighted by atomic mass is 79.9. The van der Waals surface area contributed by atoms with E-state index in [-0.39, 0.29) is 6.04 Å². The Morgan fingerprint density at radius 2 is 1.82 bits per heavy atom. The molecule has 1 aromatic carbocycles. The van der Waals surface area contributed by atoms with Crippen LogP contribution in [0.3, 0.4) is 0 Å². The van der Waals surface area contributed by atoms with Crippen molar-refractivity contribution in [1.29, 1.82) is 0 Å². The van der Waals surface area contributed by atoms with Crippen LogP contribution in [0.1, 0.15) is 17.4 Å². The zero-order valence-electron chi connectivity index (χ0n) is 9.01. The van der Waals surface area contributed by atoms with Gasteiger partial charge in [-0.1, -0.05) is 23.2 Å². The lowest BCUT2D eigenvalue weighted by atomic mass is 10.1. The summed E-state index contributed by atoms with van der Waals surface area (Å²) in [5.41, 5.74) is 0.965. The molecule has 0 saturated carbocycles. The van der Waals surface area contributed by atoms with Crippen LogP contribution in [0, 0.1) is 0 Å². The van der Waals surface area contributed by atoms with Crippen molar-refractivity contribution in [1.82, 2.24) is 5.32 Å². The third-order valence-corrected chi connectivity index (χ3v) is 3.25. The monoisotopic (exact) mass is 333 g/mol. The van der Waals surface area contributed by atoms with E-state index in [2.05, 4.69) is 21.2 Å². The summed E-state index contributed by atoms with van der Waals surface area (Å²) in [4.78, 5) is 0. The lowest BCUT2D eigenvalue weighted by Crippen LogP contribution is -2.16. The van der Waals surface area contributed by atoms with Crippen molar-refractivity contribution in [2.24, 2.45) is 0 Å². The van der Waals surface area contributed by atoms with Gasteiger partial charge < -0.3 is 9.73 Å². The maximum Gasteiger partial charge on any atom is 0.169 e. The van der Waals surface area contributed by atoms with E-state index in [1.54, 1.807) is 6.07 Å². The van der Waals surface area contributed by atoms with Gasteiger partial charge in [0.1, 0.15) is 5.76 Å². The average molecular weight is 335 g/mol. The van der Waals surface area contributed by atoms with Crippen LogP contribution < -0.4 is 5.32 Å². The van der Waals surface area contributed by atoms with Gasteiger partial charge in [-0.05, 0) is 58.9 Å². The van der Waals surface area contributed by atoms with Gasteiger partial charge in [-0.15, -0.1) is 0 Å². The smallest absolute Gasteiger partial charge is 0.169 e. The number of furan rings is 1. The van der Waals surface area contributed by atoms with Crippen molar-refractivity contribution in [3.05, 3.63) is 56.4 Å². The molecular weight excluding hydrogens is 325 g/mol. The fraction of sp³-hybridized carbons (Fsp3) is 0.167. The fourth-order valence-electron chi connectivity index (χ4n) is 1.70. The van der Waals surface area contributed by atoms with Crippen molar-refractivity contribution in [2.75, 3.05) is 7.05 Å². The molecule has 90 valence electrons. The van der Waals surface area contributed by atoms with Crippen molar-refractivity contribution in [3.63, 3.8) is 0 Å². The van der Waals surface area contributed by atoms with E-state index in [0.717, 1.165) is 11.3 Å². The van der Waals surface area contributed by atoms with Crippen molar-refractivity contribution < 1.29 is 4.42 Å². The molecule has 0 bridgehead atoms. The van der Waals surface area contributed by atoms with E-state index in [9.17, 15) is 0 Å². The molecule has 0 amide bonds. The molecule has 0 radical (unpaired) electrons. The summed E-state index contributed by atoms with van der Waals surface area (Å²) in [6.45, 7) is 0. The summed E-state index contributed by atoms with van der Waals surface area (Å²) >= 11 is 15.3. The normalized spacial score (nSPS) is 12.7. The Kier molecular flexibility index (Phi) is 4.15. The Labute approximate surface area is 118 Å². The Morgan fingerprint density at radius 3 is 2.29 bits per heavy atom. The van der Waals surface area contributed by atoms with Gasteiger partial charge in [0.25, 0.3) is 0 Å². The molecule has 1 atom stereocenters. The largest absolute Gasteiger partial charge is 0.452 e. The first kappa shape index (κ1) is 13.0. The number of rotatable bonds is 3. The highest BCUT2D eigenvalue weighted by Gasteiger charge is 2.16. The second-order valence-electron chi connectivity index (χ2n) is 3.57. The lowest BCUT2D eigenvalue weighted by Gasteiger charge is -2.14. The van der Waals surface area contributed by atoms with Crippen LogP contribution in [0.4, 0.5) is 0 Å². The standard InChI is InChI=1S/C12H10BrCl2NO/c1-16-12(10-2-3-11(13)17-10)7-4-8(14)6-9(15)5-7/h2-6,12,16H,1H3. The van der Waals surface area contributed by atoms with Gasteiger partial charge in [0.15, 0.2) is 4.67 Å². The van der Waals surface area contributed by atoms with E-state index in [4.69, 9.17) is 27.6 Å². The highest BCUT2D eigenvalue weighted by molar-refractivity contribution is 9.10. The van der Waals surface area contributed by atoms with Gasteiger partial charge in [-0.25, -0.2) is 0 Å². The van der Waals surface area contributed by atoms with Gasteiger partial charge >= 0.3 is 0 Å². The molecule has 2 nitrogen and oxygen atoms in total. The molecule has 0 spiro atoms. The first-order chi connectivity index (χ1) is 8.10. The number of benzene rings is 1. The van der Waals surface area contributed by atoms with Crippen LogP contribution >= 0.6 is 39.1 Å². The SMILES string of the molecule is CNC(c1cc(Cl)cc(Cl)c1)c1ccc(Br)o1. The Bertz CT molecular complexity index is 507. The summed E-state index contributed by atoms with van der Waals surface area (Å²) < 4.78 is 6.23. The second-order valence-corrected chi connectivity index (χ2v) is 5.22. The predicted octanol–water partition coefficient (Wildman–Crippen LogP) is 4.66. The van der Waals surface area contributed by atoms with E-state index in [1.165, 1.54) is 0 Å². The van der Waals surface area contributed by atoms with Crippen molar-refractivity contribution in [3.8, 4) is 0 Å². The maximum atomic E-state index is 5.99. The molecule has 1 N–H and O–H groups in total. The fourth-order valence-corrected chi connectivity index (χ4v) is 2.56. The topological polar surface area (TPSA) is 25.2 Å². The molecule has 2 rings (SSSR count). The van der Waals surface area contributed by atoms with E-state index in [0.29, 0.717) is 14.7 Å². The molecular formula is C12H10BrCl2NO. The zero-order chi connectivity index (χ0) is 12.4. The minimum absolute atomic E-state index is 0.0718. The second kappa shape index (κ2) is 5.44. The van der Waals surface area contributed by atoms with Gasteiger partial charge in [0.05, 0.1) is 6.04 Å². The molecule has 1 aromatic heterocycles. The van der Waals surface area contributed by atoms with Crippen LogP contribution in [0.25, 0.3) is 0 Å². The quantitative estimate of drug-likeness (QED) is 0.883. The molecule has 0 aliphatic heterocycles. The first-order valence-corrected chi connectivity index (χ1v) is 6.53. The number of hydrogen-bond donors (Lipinski definition) is 1. The lowest BCUT2D eigenvalue weighted by molar-refractivity contribution is 0.447. The Morgan fingerprint density at radius 1 is 1.18 bits per heavy atom. The number of nitrogens with one attached hydrogen (secondary N) is 1. The third-order valence-electron chi connectivity index (χ3n) is 2.39. The van der Waals surface area contributed by atoms with E-state index >= 15 is 0 Å². The highest BCUT2D eigenvalue weighted by Crippen LogP contribution is 2.29. The zero-order valence-corrected chi connectivity index (χ0v) is 12.1. The molecule has 1 unspecified atom stereocenters. The summed E-state index contributed by atoms with van der Waals surface area (Å²) in [6.07, 6.45) is 0.